The van der Waals surface area contributed by atoms with Crippen LogP contribution in [0.2, 0.25) is 0 Å². The van der Waals surface area contributed by atoms with E-state index >= 15 is 0 Å². The lowest BCUT2D eigenvalue weighted by molar-refractivity contribution is 0.0492. The van der Waals surface area contributed by atoms with Crippen molar-refractivity contribution in [2.24, 2.45) is 5.92 Å². The lowest BCUT2D eigenvalue weighted by Gasteiger charge is -2.41. The minimum Gasteiger partial charge on any atom is -0.496 e. The monoisotopic (exact) mass is 414 g/mol. The minimum absolute atomic E-state index is 0.220. The Kier molecular flexibility index (Phi) is 7.92. The molecule has 0 bridgehead atoms. The van der Waals surface area contributed by atoms with Crippen LogP contribution in [-0.2, 0) is 19.5 Å². The van der Waals surface area contributed by atoms with Gasteiger partial charge in [-0.1, -0.05) is 19.9 Å². The third-order valence-electron chi connectivity index (χ3n) is 6.29. The summed E-state index contributed by atoms with van der Waals surface area (Å²) in [5.74, 6) is 1.56. The van der Waals surface area contributed by atoms with Crippen LogP contribution in [0, 0.1) is 19.8 Å². The molecule has 6 nitrogen and oxygen atoms in total. The maximum atomic E-state index is 9.65. The van der Waals surface area contributed by atoms with Crippen LogP contribution in [0.15, 0.2) is 18.2 Å². The molecule has 0 saturated carbocycles. The van der Waals surface area contributed by atoms with Gasteiger partial charge in [-0.3, -0.25) is 14.9 Å². The molecule has 1 atom stereocenters. The Balaban J connectivity index is 1.64. The predicted octanol–water partition coefficient (Wildman–Crippen LogP) is 3.30. The molecule has 1 saturated heterocycles. The van der Waals surface area contributed by atoms with Crippen molar-refractivity contribution < 1.29 is 9.84 Å². The molecule has 166 valence electrons. The number of aliphatic hydroxyl groups is 1. The zero-order chi connectivity index (χ0) is 21.7. The van der Waals surface area contributed by atoms with E-state index in [1.54, 1.807) is 7.11 Å². The van der Waals surface area contributed by atoms with Crippen molar-refractivity contribution in [2.45, 2.75) is 59.7 Å². The number of hydrogen-bond acceptors (Lipinski definition) is 5. The van der Waals surface area contributed by atoms with E-state index in [-0.39, 0.29) is 6.61 Å². The summed E-state index contributed by atoms with van der Waals surface area (Å²) in [5, 5.41) is 17.3. The van der Waals surface area contributed by atoms with Crippen LogP contribution >= 0.6 is 0 Å². The number of aromatic amines is 1. The fraction of sp³-hybridized carbons (Fsp3) is 0.625. The summed E-state index contributed by atoms with van der Waals surface area (Å²) in [6, 6.07) is 6.81. The molecule has 1 unspecified atom stereocenters. The van der Waals surface area contributed by atoms with Crippen LogP contribution in [0.4, 0.5) is 0 Å². The van der Waals surface area contributed by atoms with Crippen molar-refractivity contribution >= 4 is 0 Å². The van der Waals surface area contributed by atoms with E-state index in [9.17, 15) is 5.11 Å². The number of hydrogen-bond donors (Lipinski definition) is 2. The summed E-state index contributed by atoms with van der Waals surface area (Å²) in [6.45, 7) is 13.8. The first-order chi connectivity index (χ1) is 14.4. The van der Waals surface area contributed by atoms with Gasteiger partial charge in [0.15, 0.2) is 0 Å². The highest BCUT2D eigenvalue weighted by Gasteiger charge is 2.27. The Labute approximate surface area is 181 Å². The van der Waals surface area contributed by atoms with Gasteiger partial charge in [-0.05, 0) is 61.4 Å². The van der Waals surface area contributed by atoms with Crippen LogP contribution < -0.4 is 4.74 Å². The van der Waals surface area contributed by atoms with Gasteiger partial charge < -0.3 is 9.84 Å². The van der Waals surface area contributed by atoms with E-state index in [0.29, 0.717) is 12.0 Å². The number of H-pyrrole nitrogens is 1. The number of aromatic nitrogens is 2. The molecule has 1 fully saturated rings. The normalized spacial score (nSPS) is 18.3. The van der Waals surface area contributed by atoms with Gasteiger partial charge in [0.1, 0.15) is 5.75 Å². The third-order valence-corrected chi connectivity index (χ3v) is 6.29. The van der Waals surface area contributed by atoms with Crippen molar-refractivity contribution in [3.63, 3.8) is 0 Å². The maximum Gasteiger partial charge on any atom is 0.122 e. The van der Waals surface area contributed by atoms with Crippen molar-refractivity contribution in [3.8, 4) is 5.75 Å². The highest BCUT2D eigenvalue weighted by molar-refractivity contribution is 5.43. The molecule has 2 heterocycles. The molecule has 0 spiro atoms. The summed E-state index contributed by atoms with van der Waals surface area (Å²) in [5.41, 5.74) is 6.19. The molecule has 1 aliphatic rings. The topological polar surface area (TPSA) is 64.6 Å². The number of benzene rings is 1. The van der Waals surface area contributed by atoms with Gasteiger partial charge in [-0.15, -0.1) is 0 Å². The van der Waals surface area contributed by atoms with E-state index in [4.69, 9.17) is 4.74 Å². The number of aliphatic hydroxyl groups excluding tert-OH is 1. The molecule has 1 aliphatic heterocycles. The zero-order valence-corrected chi connectivity index (χ0v) is 19.2. The molecule has 3 rings (SSSR count). The number of nitrogens with zero attached hydrogens (tertiary/aromatic N) is 3. The molecule has 6 heteroatoms. The summed E-state index contributed by atoms with van der Waals surface area (Å²) in [6.07, 6.45) is 1.81. The van der Waals surface area contributed by atoms with Gasteiger partial charge in [0, 0.05) is 51.1 Å². The average Bonchev–Trinajstić information content (AvgIpc) is 3.13. The van der Waals surface area contributed by atoms with Crippen LogP contribution in [0.25, 0.3) is 0 Å². The molecule has 1 aromatic carbocycles. The number of piperazine rings is 1. The second kappa shape index (κ2) is 10.4. The Bertz CT molecular complexity index is 818. The molecule has 1 aromatic heterocycles. The number of ether oxygens (including phenoxy) is 1. The average molecular weight is 415 g/mol. The zero-order valence-electron chi connectivity index (χ0n) is 19.2. The van der Waals surface area contributed by atoms with E-state index in [1.165, 1.54) is 22.4 Å². The summed E-state index contributed by atoms with van der Waals surface area (Å²) < 4.78 is 5.46. The van der Waals surface area contributed by atoms with Crippen LogP contribution in [0.5, 0.6) is 5.75 Å². The number of methoxy groups -OCH3 is 1. The molecule has 0 amide bonds. The van der Waals surface area contributed by atoms with Crippen molar-refractivity contribution in [3.05, 3.63) is 46.3 Å². The SMILES string of the molecule is COc1ccc(CN2CCN(Cc3cc(CC(C)C)n[nH]3)CC2CCO)c(C)c1C. The molecule has 30 heavy (non-hydrogen) atoms. The summed E-state index contributed by atoms with van der Waals surface area (Å²) >= 11 is 0. The summed E-state index contributed by atoms with van der Waals surface area (Å²) in [4.78, 5) is 5.01. The van der Waals surface area contributed by atoms with Crippen molar-refractivity contribution in [1.82, 2.24) is 20.0 Å². The molecule has 0 radical (unpaired) electrons. The van der Waals surface area contributed by atoms with E-state index in [2.05, 4.69) is 65.9 Å². The van der Waals surface area contributed by atoms with E-state index in [0.717, 1.165) is 57.0 Å². The van der Waals surface area contributed by atoms with Crippen LogP contribution in [0.3, 0.4) is 0 Å². The molecule has 2 aromatic rings. The minimum atomic E-state index is 0.220. The second-order valence-corrected chi connectivity index (χ2v) is 9.03. The standard InChI is InChI=1S/C24H38N4O2/c1-17(2)12-21-13-22(26-25-21)15-27-9-10-28(23(16-27)8-11-29)14-20-6-7-24(30-5)19(4)18(20)3/h6-7,13,17,23,29H,8-12,14-16H2,1-5H3,(H,25,26). The second-order valence-electron chi connectivity index (χ2n) is 9.03. The highest BCUT2D eigenvalue weighted by atomic mass is 16.5. The molecular formula is C24H38N4O2. The van der Waals surface area contributed by atoms with Crippen LogP contribution in [-0.4, -0.2) is 64.5 Å². The van der Waals surface area contributed by atoms with Gasteiger partial charge in [-0.2, -0.15) is 5.10 Å². The van der Waals surface area contributed by atoms with Gasteiger partial charge in [-0.25, -0.2) is 0 Å². The third kappa shape index (κ3) is 5.62. The lowest BCUT2D eigenvalue weighted by atomic mass is 10.00. The van der Waals surface area contributed by atoms with Gasteiger partial charge in [0.05, 0.1) is 12.8 Å². The first-order valence-electron chi connectivity index (χ1n) is 11.1. The molecular weight excluding hydrogens is 376 g/mol. The fourth-order valence-corrected chi connectivity index (χ4v) is 4.45. The highest BCUT2D eigenvalue weighted by Crippen LogP contribution is 2.26. The Morgan fingerprint density at radius 2 is 2.00 bits per heavy atom. The first kappa shape index (κ1) is 22.8. The summed E-state index contributed by atoms with van der Waals surface area (Å²) in [7, 11) is 1.73. The maximum absolute atomic E-state index is 9.65. The van der Waals surface area contributed by atoms with Gasteiger partial charge in [0.25, 0.3) is 0 Å². The quantitative estimate of drug-likeness (QED) is 0.659. The molecule has 0 aliphatic carbocycles. The smallest absolute Gasteiger partial charge is 0.122 e. The predicted molar refractivity (Wildman–Crippen MR) is 121 cm³/mol. The lowest BCUT2D eigenvalue weighted by Crippen LogP contribution is -2.52. The molecule has 2 N–H and O–H groups in total. The van der Waals surface area contributed by atoms with Crippen LogP contribution in [0.1, 0.15) is 48.3 Å². The first-order valence-corrected chi connectivity index (χ1v) is 11.1. The Hall–Kier alpha value is -1.89. The Morgan fingerprint density at radius 1 is 1.20 bits per heavy atom. The van der Waals surface area contributed by atoms with E-state index in [1.807, 2.05) is 0 Å². The fourth-order valence-electron chi connectivity index (χ4n) is 4.45. The van der Waals surface area contributed by atoms with E-state index < -0.39 is 0 Å². The van der Waals surface area contributed by atoms with Crippen molar-refractivity contribution in [2.75, 3.05) is 33.4 Å². The number of rotatable bonds is 9. The largest absolute Gasteiger partial charge is 0.496 e. The number of nitrogens with one attached hydrogen (secondary N) is 1. The van der Waals surface area contributed by atoms with Gasteiger partial charge >= 0.3 is 0 Å². The Morgan fingerprint density at radius 3 is 2.70 bits per heavy atom. The van der Waals surface area contributed by atoms with Gasteiger partial charge in [0.2, 0.25) is 0 Å². The van der Waals surface area contributed by atoms with Crippen molar-refractivity contribution in [1.29, 1.82) is 0 Å².